The van der Waals surface area contributed by atoms with Gasteiger partial charge in [0.1, 0.15) is 0 Å². The Kier molecular flexibility index (Phi) is 1.95. The topological polar surface area (TPSA) is 63.3 Å². The fraction of sp³-hybridized carbons (Fsp3) is 0. The molecule has 0 heterocycles. The van der Waals surface area contributed by atoms with E-state index in [1.165, 1.54) is 5.94 Å². The van der Waals surface area contributed by atoms with Crippen LogP contribution in [0, 0.1) is 0 Å². The fourth-order valence-corrected chi connectivity index (χ4v) is 0.700. The highest BCUT2D eigenvalue weighted by molar-refractivity contribution is 5.82. The Hall–Kier alpha value is -1.73. The van der Waals surface area contributed by atoms with Crippen molar-refractivity contribution in [2.75, 3.05) is 5.73 Å². The molecule has 3 heteroatoms. The molecule has 0 saturated carbocycles. The van der Waals surface area contributed by atoms with Crippen molar-refractivity contribution in [2.45, 2.75) is 0 Å². The molecule has 1 aromatic carbocycles. The van der Waals surface area contributed by atoms with Gasteiger partial charge >= 0.3 is 0 Å². The lowest BCUT2D eigenvalue weighted by atomic mass is 10.2. The van der Waals surface area contributed by atoms with Crippen molar-refractivity contribution in [3.05, 3.63) is 29.8 Å². The van der Waals surface area contributed by atoms with E-state index in [1.807, 2.05) is 0 Å². The Morgan fingerprint density at radius 1 is 1.36 bits per heavy atom. The number of hydrogen-bond donors (Lipinski definition) is 2. The van der Waals surface area contributed by atoms with E-state index in [-0.39, 0.29) is 0 Å². The van der Waals surface area contributed by atoms with Crippen LogP contribution < -0.4 is 5.73 Å². The van der Waals surface area contributed by atoms with Gasteiger partial charge < -0.3 is 10.8 Å². The monoisotopic (exact) mass is 149 g/mol. The molecule has 0 saturated heterocycles. The summed E-state index contributed by atoms with van der Waals surface area (Å²) in [4.78, 5) is 9.95. The number of nitrogens with two attached hydrogens (primary N) is 1. The Bertz CT molecular complexity index is 296. The van der Waals surface area contributed by atoms with E-state index < -0.39 is 5.76 Å². The molecule has 3 N–H and O–H groups in total. The van der Waals surface area contributed by atoms with Gasteiger partial charge in [-0.05, 0) is 24.3 Å². The Morgan fingerprint density at radius 2 is 1.91 bits per heavy atom. The first-order chi connectivity index (χ1) is 5.24. The van der Waals surface area contributed by atoms with Gasteiger partial charge in [0.15, 0.2) is 5.94 Å². The SMILES string of the molecule is Nc1ccc(C(O)=C=O)cc1. The van der Waals surface area contributed by atoms with Crippen molar-refractivity contribution in [1.29, 1.82) is 0 Å². The van der Waals surface area contributed by atoms with Gasteiger partial charge in [-0.3, -0.25) is 0 Å². The molecule has 0 radical (unpaired) electrons. The highest BCUT2D eigenvalue weighted by Gasteiger charge is 1.96. The number of hydrogen-bond acceptors (Lipinski definition) is 3. The maximum Gasteiger partial charge on any atom is 0.208 e. The van der Waals surface area contributed by atoms with E-state index in [2.05, 4.69) is 0 Å². The van der Waals surface area contributed by atoms with Gasteiger partial charge in [-0.25, -0.2) is 4.79 Å². The summed E-state index contributed by atoms with van der Waals surface area (Å²) < 4.78 is 0. The smallest absolute Gasteiger partial charge is 0.208 e. The molecule has 0 unspecified atom stereocenters. The zero-order chi connectivity index (χ0) is 8.27. The molecule has 0 atom stereocenters. The summed E-state index contributed by atoms with van der Waals surface area (Å²) >= 11 is 0. The molecule has 56 valence electrons. The van der Waals surface area contributed by atoms with E-state index in [0.717, 1.165) is 0 Å². The Morgan fingerprint density at radius 3 is 2.36 bits per heavy atom. The van der Waals surface area contributed by atoms with Crippen molar-refractivity contribution >= 4 is 17.4 Å². The van der Waals surface area contributed by atoms with E-state index >= 15 is 0 Å². The number of carbonyl (C=O) groups excluding carboxylic acids is 1. The molecule has 0 fully saturated rings. The van der Waals surface area contributed by atoms with Crippen LogP contribution in [0.5, 0.6) is 0 Å². The largest absolute Gasteiger partial charge is 0.499 e. The first-order valence-corrected chi connectivity index (χ1v) is 3.04. The summed E-state index contributed by atoms with van der Waals surface area (Å²) in [6.45, 7) is 0. The summed E-state index contributed by atoms with van der Waals surface area (Å²) in [5.74, 6) is 0.984. The van der Waals surface area contributed by atoms with Crippen molar-refractivity contribution in [3.63, 3.8) is 0 Å². The molecule has 0 aliphatic carbocycles. The molecule has 1 rings (SSSR count). The molecule has 0 bridgehead atoms. The normalized spacial score (nSPS) is 8.73. The highest BCUT2D eigenvalue weighted by atomic mass is 16.3. The van der Waals surface area contributed by atoms with Gasteiger partial charge in [-0.2, -0.15) is 0 Å². The lowest BCUT2D eigenvalue weighted by Gasteiger charge is -1.95. The van der Waals surface area contributed by atoms with Crippen LogP contribution in [-0.2, 0) is 4.79 Å². The minimum absolute atomic E-state index is 0.398. The number of benzene rings is 1. The number of nitrogen functional groups attached to an aromatic ring is 1. The average Bonchev–Trinajstić information content (AvgIpc) is 2.05. The van der Waals surface area contributed by atoms with E-state index in [1.54, 1.807) is 24.3 Å². The van der Waals surface area contributed by atoms with Crippen LogP contribution in [0.2, 0.25) is 0 Å². The summed E-state index contributed by atoms with van der Waals surface area (Å²) in [5, 5.41) is 8.87. The molecular weight excluding hydrogens is 142 g/mol. The predicted molar refractivity (Wildman–Crippen MR) is 42.6 cm³/mol. The third kappa shape index (κ3) is 1.60. The third-order valence-electron chi connectivity index (χ3n) is 1.28. The molecule has 1 aromatic rings. The number of anilines is 1. The fourth-order valence-electron chi connectivity index (χ4n) is 0.700. The molecule has 11 heavy (non-hydrogen) atoms. The van der Waals surface area contributed by atoms with Crippen molar-refractivity contribution in [3.8, 4) is 0 Å². The number of aliphatic hydroxyl groups excluding tert-OH is 1. The summed E-state index contributed by atoms with van der Waals surface area (Å²) in [6.07, 6.45) is 0. The zero-order valence-corrected chi connectivity index (χ0v) is 5.74. The number of aliphatic hydroxyl groups is 1. The lowest BCUT2D eigenvalue weighted by Crippen LogP contribution is -1.86. The van der Waals surface area contributed by atoms with Crippen LogP contribution in [-0.4, -0.2) is 11.0 Å². The molecule has 0 aromatic heterocycles. The molecular formula is C8H7NO2. The first kappa shape index (κ1) is 7.38. The number of rotatable bonds is 1. The average molecular weight is 149 g/mol. The van der Waals surface area contributed by atoms with Crippen LogP contribution in [0.4, 0.5) is 5.69 Å². The maximum absolute atomic E-state index is 9.95. The van der Waals surface area contributed by atoms with Gasteiger partial charge in [-0.1, -0.05) is 0 Å². The Balaban J connectivity index is 3.08. The quantitative estimate of drug-likeness (QED) is 0.355. The molecule has 0 aliphatic heterocycles. The third-order valence-corrected chi connectivity index (χ3v) is 1.28. The molecule has 0 aliphatic rings. The lowest BCUT2D eigenvalue weighted by molar-refractivity contribution is 0.503. The first-order valence-electron chi connectivity index (χ1n) is 3.04. The molecule has 3 nitrogen and oxygen atoms in total. The van der Waals surface area contributed by atoms with Crippen LogP contribution in [0.3, 0.4) is 0 Å². The summed E-state index contributed by atoms with van der Waals surface area (Å²) in [6, 6.07) is 6.30. The van der Waals surface area contributed by atoms with Crippen LogP contribution in [0.25, 0.3) is 5.76 Å². The minimum atomic E-state index is -0.398. The highest BCUT2D eigenvalue weighted by Crippen LogP contribution is 2.10. The second-order valence-corrected chi connectivity index (χ2v) is 2.07. The van der Waals surface area contributed by atoms with Gasteiger partial charge in [0.05, 0.1) is 0 Å². The predicted octanol–water partition coefficient (Wildman–Crippen LogP) is 0.999. The molecule has 0 spiro atoms. The van der Waals surface area contributed by atoms with Gasteiger partial charge in [-0.15, -0.1) is 0 Å². The van der Waals surface area contributed by atoms with Crippen LogP contribution in [0.1, 0.15) is 5.56 Å². The van der Waals surface area contributed by atoms with E-state index in [0.29, 0.717) is 11.3 Å². The second-order valence-electron chi connectivity index (χ2n) is 2.07. The summed E-state index contributed by atoms with van der Waals surface area (Å²) in [5.41, 5.74) is 6.39. The summed E-state index contributed by atoms with van der Waals surface area (Å²) in [7, 11) is 0. The van der Waals surface area contributed by atoms with Crippen molar-refractivity contribution < 1.29 is 9.90 Å². The maximum atomic E-state index is 9.95. The van der Waals surface area contributed by atoms with Gasteiger partial charge in [0.25, 0.3) is 0 Å². The van der Waals surface area contributed by atoms with Gasteiger partial charge in [0, 0.05) is 11.3 Å². The van der Waals surface area contributed by atoms with Crippen molar-refractivity contribution in [1.82, 2.24) is 0 Å². The van der Waals surface area contributed by atoms with E-state index in [4.69, 9.17) is 10.8 Å². The van der Waals surface area contributed by atoms with E-state index in [9.17, 15) is 4.79 Å². The zero-order valence-electron chi connectivity index (χ0n) is 5.74. The van der Waals surface area contributed by atoms with Crippen molar-refractivity contribution in [2.24, 2.45) is 0 Å². The standard InChI is InChI=1S/C8H7NO2/c9-7-3-1-6(2-4-7)8(11)5-10/h1-4,11H,9H2. The second kappa shape index (κ2) is 2.90. The molecule has 0 amide bonds. The van der Waals surface area contributed by atoms with Crippen LogP contribution in [0.15, 0.2) is 24.3 Å². The Labute approximate surface area is 63.8 Å². The van der Waals surface area contributed by atoms with Crippen LogP contribution >= 0.6 is 0 Å². The minimum Gasteiger partial charge on any atom is -0.499 e. The van der Waals surface area contributed by atoms with Gasteiger partial charge in [0.2, 0.25) is 5.76 Å².